The molecule has 4 nitrogen and oxygen atoms in total. The molecule has 146 valence electrons. The van der Waals surface area contributed by atoms with Crippen molar-refractivity contribution < 1.29 is 9.53 Å². The molecule has 0 radical (unpaired) electrons. The second kappa shape index (κ2) is 10.00. The van der Waals surface area contributed by atoms with Gasteiger partial charge in [-0.25, -0.2) is 0 Å². The number of hydrogen-bond acceptors (Lipinski definition) is 3. The van der Waals surface area contributed by atoms with Crippen molar-refractivity contribution in [2.75, 3.05) is 26.3 Å². The fourth-order valence-electron chi connectivity index (χ4n) is 3.45. The zero-order valence-corrected chi connectivity index (χ0v) is 16.5. The van der Waals surface area contributed by atoms with Gasteiger partial charge in [0.25, 0.3) is 0 Å². The Morgan fingerprint density at radius 2 is 1.61 bits per heavy atom. The van der Waals surface area contributed by atoms with Crippen LogP contribution in [-0.4, -0.2) is 48.9 Å². The molecule has 0 saturated carbocycles. The predicted molar refractivity (Wildman–Crippen MR) is 114 cm³/mol. The molecule has 0 aromatic heterocycles. The number of morpholine rings is 1. The fourth-order valence-corrected chi connectivity index (χ4v) is 3.45. The largest absolute Gasteiger partial charge is 0.378 e. The minimum Gasteiger partial charge on any atom is -0.378 e. The summed E-state index contributed by atoms with van der Waals surface area (Å²) in [7, 11) is 0. The minimum atomic E-state index is -0.224. The Balaban J connectivity index is 1.94. The number of carbonyl (C=O) groups is 1. The highest BCUT2D eigenvalue weighted by Gasteiger charge is 2.28. The third kappa shape index (κ3) is 4.96. The van der Waals surface area contributed by atoms with Gasteiger partial charge < -0.3 is 9.64 Å². The molecule has 0 N–H and O–H groups in total. The SMILES string of the molecule is C=CC[C@H](N=C(c1ccccc1)c1ccccc1)[C@@H](C)C(=O)N1CCOCC1. The highest BCUT2D eigenvalue weighted by molar-refractivity contribution is 6.13. The smallest absolute Gasteiger partial charge is 0.227 e. The second-order valence-electron chi connectivity index (χ2n) is 7.03. The molecule has 0 aliphatic carbocycles. The number of benzene rings is 2. The van der Waals surface area contributed by atoms with Crippen molar-refractivity contribution in [2.45, 2.75) is 19.4 Å². The topological polar surface area (TPSA) is 41.9 Å². The molecule has 1 amide bonds. The molecule has 2 aromatic rings. The summed E-state index contributed by atoms with van der Waals surface area (Å²) in [5.41, 5.74) is 3.01. The van der Waals surface area contributed by atoms with Crippen LogP contribution < -0.4 is 0 Å². The molecule has 1 heterocycles. The average Bonchev–Trinajstić information content (AvgIpc) is 2.77. The second-order valence-corrected chi connectivity index (χ2v) is 7.03. The Bertz CT molecular complexity index is 754. The lowest BCUT2D eigenvalue weighted by Gasteiger charge is -2.31. The molecule has 0 unspecified atom stereocenters. The monoisotopic (exact) mass is 376 g/mol. The summed E-state index contributed by atoms with van der Waals surface area (Å²) >= 11 is 0. The van der Waals surface area contributed by atoms with Crippen LogP contribution in [0.4, 0.5) is 0 Å². The molecule has 28 heavy (non-hydrogen) atoms. The van der Waals surface area contributed by atoms with Gasteiger partial charge in [0, 0.05) is 24.2 Å². The molecule has 1 fully saturated rings. The first-order valence-corrected chi connectivity index (χ1v) is 9.86. The Labute approximate surface area is 167 Å². The fraction of sp³-hybridized carbons (Fsp3) is 0.333. The number of amides is 1. The van der Waals surface area contributed by atoms with Gasteiger partial charge in [0.15, 0.2) is 0 Å². The molecule has 0 bridgehead atoms. The molecule has 2 aromatic carbocycles. The van der Waals surface area contributed by atoms with E-state index in [1.807, 2.05) is 54.3 Å². The Hall–Kier alpha value is -2.72. The standard InChI is InChI=1S/C24H28N2O2/c1-3-10-22(19(2)24(27)26-15-17-28-18-16-26)25-23(20-11-6-4-7-12-20)21-13-8-5-9-14-21/h3-9,11-14,19,22H,1,10,15-18H2,2H3/t19-,22+/m1/s1. The molecule has 1 aliphatic heterocycles. The van der Waals surface area contributed by atoms with E-state index in [0.717, 1.165) is 16.8 Å². The van der Waals surface area contributed by atoms with Crippen LogP contribution >= 0.6 is 0 Å². The van der Waals surface area contributed by atoms with Crippen LogP contribution in [0.25, 0.3) is 0 Å². The van der Waals surface area contributed by atoms with Gasteiger partial charge in [-0.15, -0.1) is 6.58 Å². The Morgan fingerprint density at radius 3 is 2.11 bits per heavy atom. The van der Waals surface area contributed by atoms with Gasteiger partial charge in [-0.05, 0) is 6.42 Å². The summed E-state index contributed by atoms with van der Waals surface area (Å²) in [5, 5.41) is 0. The molecule has 2 atom stereocenters. The van der Waals surface area contributed by atoms with Crippen LogP contribution in [0, 0.1) is 5.92 Å². The number of rotatable bonds is 7. The maximum Gasteiger partial charge on any atom is 0.227 e. The summed E-state index contributed by atoms with van der Waals surface area (Å²) in [6.45, 7) is 8.38. The Morgan fingerprint density at radius 1 is 1.07 bits per heavy atom. The van der Waals surface area contributed by atoms with E-state index >= 15 is 0 Å². The van der Waals surface area contributed by atoms with E-state index < -0.39 is 0 Å². The first-order valence-electron chi connectivity index (χ1n) is 9.86. The molecule has 1 saturated heterocycles. The van der Waals surface area contributed by atoms with E-state index in [0.29, 0.717) is 32.7 Å². The predicted octanol–water partition coefficient (Wildman–Crippen LogP) is 3.96. The van der Waals surface area contributed by atoms with E-state index in [1.165, 1.54) is 0 Å². The van der Waals surface area contributed by atoms with E-state index in [2.05, 4.69) is 30.8 Å². The number of aliphatic imine (C=N–C) groups is 1. The van der Waals surface area contributed by atoms with Gasteiger partial charge in [-0.2, -0.15) is 0 Å². The van der Waals surface area contributed by atoms with Crippen LogP contribution in [0.2, 0.25) is 0 Å². The third-order valence-electron chi connectivity index (χ3n) is 5.09. The number of ether oxygens (including phenoxy) is 1. The van der Waals surface area contributed by atoms with Crippen molar-refractivity contribution in [3.63, 3.8) is 0 Å². The van der Waals surface area contributed by atoms with Gasteiger partial charge >= 0.3 is 0 Å². The summed E-state index contributed by atoms with van der Waals surface area (Å²) in [6.07, 6.45) is 2.51. The van der Waals surface area contributed by atoms with Crippen molar-refractivity contribution >= 4 is 11.6 Å². The highest BCUT2D eigenvalue weighted by atomic mass is 16.5. The first-order chi connectivity index (χ1) is 13.7. The average molecular weight is 377 g/mol. The van der Waals surface area contributed by atoms with Gasteiger partial charge in [0.2, 0.25) is 5.91 Å². The normalized spacial score (nSPS) is 16.1. The van der Waals surface area contributed by atoms with E-state index in [1.54, 1.807) is 0 Å². The van der Waals surface area contributed by atoms with Crippen molar-refractivity contribution in [1.29, 1.82) is 0 Å². The van der Waals surface area contributed by atoms with Gasteiger partial charge in [-0.1, -0.05) is 73.7 Å². The Kier molecular flexibility index (Phi) is 7.15. The van der Waals surface area contributed by atoms with E-state index in [-0.39, 0.29) is 17.9 Å². The number of nitrogens with zero attached hydrogens (tertiary/aromatic N) is 2. The van der Waals surface area contributed by atoms with Crippen LogP contribution in [0.1, 0.15) is 24.5 Å². The quantitative estimate of drug-likeness (QED) is 0.542. The highest BCUT2D eigenvalue weighted by Crippen LogP contribution is 2.20. The maximum atomic E-state index is 13.0. The van der Waals surface area contributed by atoms with Crippen LogP contribution in [0.5, 0.6) is 0 Å². The van der Waals surface area contributed by atoms with Crippen molar-refractivity contribution in [1.82, 2.24) is 4.90 Å². The van der Waals surface area contributed by atoms with Crippen LogP contribution in [0.3, 0.4) is 0 Å². The van der Waals surface area contributed by atoms with Gasteiger partial charge in [-0.3, -0.25) is 9.79 Å². The first kappa shape index (κ1) is 20.0. The third-order valence-corrected chi connectivity index (χ3v) is 5.09. The van der Waals surface area contributed by atoms with E-state index in [4.69, 9.17) is 9.73 Å². The van der Waals surface area contributed by atoms with Crippen LogP contribution in [0.15, 0.2) is 78.3 Å². The number of hydrogen-bond donors (Lipinski definition) is 0. The minimum absolute atomic E-state index is 0.138. The van der Waals surface area contributed by atoms with Gasteiger partial charge in [0.05, 0.1) is 30.9 Å². The van der Waals surface area contributed by atoms with E-state index in [9.17, 15) is 4.79 Å². The van der Waals surface area contributed by atoms with Crippen molar-refractivity contribution in [3.05, 3.63) is 84.4 Å². The molecule has 0 spiro atoms. The zero-order valence-electron chi connectivity index (χ0n) is 16.5. The maximum absolute atomic E-state index is 13.0. The van der Waals surface area contributed by atoms with Crippen molar-refractivity contribution in [2.24, 2.45) is 10.9 Å². The molecule has 1 aliphatic rings. The molecule has 4 heteroatoms. The summed E-state index contributed by atoms with van der Waals surface area (Å²) < 4.78 is 5.38. The van der Waals surface area contributed by atoms with Gasteiger partial charge in [0.1, 0.15) is 0 Å². The zero-order chi connectivity index (χ0) is 19.8. The van der Waals surface area contributed by atoms with Crippen LogP contribution in [-0.2, 0) is 9.53 Å². The molecular formula is C24H28N2O2. The van der Waals surface area contributed by atoms with Crippen molar-refractivity contribution in [3.8, 4) is 0 Å². The molecule has 3 rings (SSSR count). The lowest BCUT2D eigenvalue weighted by Crippen LogP contribution is -2.45. The number of carbonyl (C=O) groups excluding carboxylic acids is 1. The summed E-state index contributed by atoms with van der Waals surface area (Å²) in [4.78, 5) is 20.0. The summed E-state index contributed by atoms with van der Waals surface area (Å²) in [5.74, 6) is -0.0853. The summed E-state index contributed by atoms with van der Waals surface area (Å²) in [6, 6.07) is 20.1. The molecular weight excluding hydrogens is 348 g/mol. The lowest BCUT2D eigenvalue weighted by molar-refractivity contribution is -0.139. The lowest BCUT2D eigenvalue weighted by atomic mass is 9.95.